The van der Waals surface area contributed by atoms with Crippen LogP contribution in [-0.4, -0.2) is 25.0 Å². The highest BCUT2D eigenvalue weighted by molar-refractivity contribution is 6.01. The van der Waals surface area contributed by atoms with Gasteiger partial charge < -0.3 is 15.4 Å². The molecule has 0 radical (unpaired) electrons. The Morgan fingerprint density at radius 2 is 1.59 bits per heavy atom. The molecule has 5 heteroatoms. The zero-order chi connectivity index (χ0) is 19.6. The number of carbonyl (C=O) groups is 2. The van der Waals surface area contributed by atoms with E-state index in [9.17, 15) is 9.59 Å². The van der Waals surface area contributed by atoms with Crippen molar-refractivity contribution in [1.29, 1.82) is 0 Å². The monoisotopic (exact) mass is 368 g/mol. The summed E-state index contributed by atoms with van der Waals surface area (Å²) < 4.78 is 5.04. The van der Waals surface area contributed by atoms with Crippen LogP contribution in [0.2, 0.25) is 0 Å². The summed E-state index contributed by atoms with van der Waals surface area (Å²) in [5.41, 5.74) is 4.47. The van der Waals surface area contributed by atoms with Crippen LogP contribution in [0.15, 0.2) is 42.5 Å². The molecule has 0 aliphatic heterocycles. The van der Waals surface area contributed by atoms with Gasteiger partial charge in [-0.05, 0) is 43.0 Å². The molecule has 0 aromatic heterocycles. The summed E-state index contributed by atoms with van der Waals surface area (Å²) in [7, 11) is 0. The first-order chi connectivity index (χ1) is 13.1. The van der Waals surface area contributed by atoms with Gasteiger partial charge in [-0.2, -0.15) is 0 Å². The van der Waals surface area contributed by atoms with Crippen molar-refractivity contribution in [3.63, 3.8) is 0 Å². The smallest absolute Gasteiger partial charge is 0.340 e. The molecular formula is C22H28N2O3. The number of rotatable bonds is 9. The van der Waals surface area contributed by atoms with Gasteiger partial charge in [0.1, 0.15) is 0 Å². The quantitative estimate of drug-likeness (QED) is 0.643. The molecule has 0 spiro atoms. The van der Waals surface area contributed by atoms with Crippen LogP contribution in [0.4, 0.5) is 11.4 Å². The second-order valence-electron chi connectivity index (χ2n) is 6.15. The van der Waals surface area contributed by atoms with Crippen LogP contribution in [0.1, 0.15) is 48.7 Å². The van der Waals surface area contributed by atoms with Crippen molar-refractivity contribution in [3.05, 3.63) is 59.2 Å². The first-order valence-corrected chi connectivity index (χ1v) is 9.51. The summed E-state index contributed by atoms with van der Waals surface area (Å²) in [6, 6.07) is 13.2. The molecule has 1 amide bonds. The molecule has 2 aromatic rings. The number of anilines is 2. The molecule has 0 bridgehead atoms. The SMILES string of the molecule is CCOC(=O)c1ccccc1NC(=O)CCNc1c(CC)cccc1CC. The van der Waals surface area contributed by atoms with Gasteiger partial charge in [0.15, 0.2) is 0 Å². The fourth-order valence-corrected chi connectivity index (χ4v) is 2.96. The Kier molecular flexibility index (Phi) is 7.86. The highest BCUT2D eigenvalue weighted by Crippen LogP contribution is 2.22. The lowest BCUT2D eigenvalue weighted by Crippen LogP contribution is -2.19. The van der Waals surface area contributed by atoms with E-state index in [0.717, 1.165) is 18.5 Å². The number of esters is 1. The number of nitrogens with one attached hydrogen (secondary N) is 2. The Balaban J connectivity index is 1.98. The Bertz CT molecular complexity index is 765. The average molecular weight is 368 g/mol. The van der Waals surface area contributed by atoms with Crippen molar-refractivity contribution < 1.29 is 14.3 Å². The number of carbonyl (C=O) groups excluding carboxylic acids is 2. The number of benzene rings is 2. The lowest BCUT2D eigenvalue weighted by molar-refractivity contribution is -0.115. The fraction of sp³-hybridized carbons (Fsp3) is 0.364. The second kappa shape index (κ2) is 10.4. The zero-order valence-electron chi connectivity index (χ0n) is 16.3. The van der Waals surface area contributed by atoms with Crippen LogP contribution in [0.5, 0.6) is 0 Å². The van der Waals surface area contributed by atoms with E-state index in [1.165, 1.54) is 11.1 Å². The number of hydrogen-bond acceptors (Lipinski definition) is 4. The molecule has 5 nitrogen and oxygen atoms in total. The van der Waals surface area contributed by atoms with Gasteiger partial charge in [0.25, 0.3) is 0 Å². The third-order valence-electron chi connectivity index (χ3n) is 4.35. The van der Waals surface area contributed by atoms with Gasteiger partial charge in [-0.1, -0.05) is 44.2 Å². The van der Waals surface area contributed by atoms with Crippen molar-refractivity contribution in [2.45, 2.75) is 40.0 Å². The summed E-state index contributed by atoms with van der Waals surface area (Å²) in [4.78, 5) is 24.3. The third-order valence-corrected chi connectivity index (χ3v) is 4.35. The molecule has 0 aliphatic carbocycles. The van der Waals surface area contributed by atoms with Gasteiger partial charge in [-0.15, -0.1) is 0 Å². The molecule has 2 N–H and O–H groups in total. The Hall–Kier alpha value is -2.82. The molecule has 2 rings (SSSR count). The maximum Gasteiger partial charge on any atom is 0.340 e. The average Bonchev–Trinajstić information content (AvgIpc) is 2.68. The maximum absolute atomic E-state index is 12.3. The van der Waals surface area contributed by atoms with Gasteiger partial charge >= 0.3 is 5.97 Å². The van der Waals surface area contributed by atoms with Gasteiger partial charge in [0, 0.05) is 18.7 Å². The molecular weight excluding hydrogens is 340 g/mol. The highest BCUT2D eigenvalue weighted by Gasteiger charge is 2.14. The topological polar surface area (TPSA) is 67.4 Å². The first-order valence-electron chi connectivity index (χ1n) is 9.51. The van der Waals surface area contributed by atoms with Crippen LogP contribution < -0.4 is 10.6 Å². The molecule has 0 atom stereocenters. The number of aryl methyl sites for hydroxylation is 2. The molecule has 0 heterocycles. The molecule has 144 valence electrons. The maximum atomic E-state index is 12.3. The Labute approximate surface area is 161 Å². The van der Waals surface area contributed by atoms with Crippen molar-refractivity contribution in [2.75, 3.05) is 23.8 Å². The van der Waals surface area contributed by atoms with Crippen molar-refractivity contribution in [3.8, 4) is 0 Å². The lowest BCUT2D eigenvalue weighted by Gasteiger charge is -2.15. The minimum absolute atomic E-state index is 0.147. The third kappa shape index (κ3) is 5.58. The molecule has 0 aliphatic rings. The summed E-state index contributed by atoms with van der Waals surface area (Å²) in [6.07, 6.45) is 2.18. The first kappa shape index (κ1) is 20.5. The normalized spacial score (nSPS) is 10.3. The van der Waals surface area contributed by atoms with E-state index in [1.807, 2.05) is 0 Å². The summed E-state index contributed by atoms with van der Waals surface area (Å²) >= 11 is 0. The predicted molar refractivity (Wildman–Crippen MR) is 109 cm³/mol. The van der Waals surface area contributed by atoms with E-state index in [-0.39, 0.29) is 5.91 Å². The van der Waals surface area contributed by atoms with Gasteiger partial charge in [-0.25, -0.2) is 4.79 Å². The fourth-order valence-electron chi connectivity index (χ4n) is 2.96. The van der Waals surface area contributed by atoms with Crippen LogP contribution in [0.25, 0.3) is 0 Å². The van der Waals surface area contributed by atoms with Crippen molar-refractivity contribution in [2.24, 2.45) is 0 Å². The largest absolute Gasteiger partial charge is 0.462 e. The van der Waals surface area contributed by atoms with Crippen LogP contribution in [-0.2, 0) is 22.4 Å². The molecule has 0 saturated heterocycles. The standard InChI is InChI=1S/C22H28N2O3/c1-4-16-10-9-11-17(5-2)21(16)23-15-14-20(25)24-19-13-8-7-12-18(19)22(26)27-6-3/h7-13,23H,4-6,14-15H2,1-3H3,(H,24,25). The molecule has 0 saturated carbocycles. The molecule has 27 heavy (non-hydrogen) atoms. The molecule has 2 aromatic carbocycles. The van der Waals surface area contributed by atoms with Crippen molar-refractivity contribution in [1.82, 2.24) is 0 Å². The van der Waals surface area contributed by atoms with Crippen LogP contribution in [0, 0.1) is 0 Å². The second-order valence-corrected chi connectivity index (χ2v) is 6.15. The summed E-state index contributed by atoms with van der Waals surface area (Å²) in [5, 5.41) is 6.22. The minimum atomic E-state index is -0.434. The van der Waals surface area contributed by atoms with Crippen LogP contribution in [0.3, 0.4) is 0 Å². The predicted octanol–water partition coefficient (Wildman–Crippen LogP) is 4.43. The molecule has 0 fully saturated rings. The van der Waals surface area contributed by atoms with Crippen LogP contribution >= 0.6 is 0 Å². The van der Waals surface area contributed by atoms with Crippen molar-refractivity contribution >= 4 is 23.3 Å². The summed E-state index contributed by atoms with van der Waals surface area (Å²) in [5.74, 6) is -0.581. The highest BCUT2D eigenvalue weighted by atomic mass is 16.5. The van der Waals surface area contributed by atoms with E-state index >= 15 is 0 Å². The number of hydrogen-bond donors (Lipinski definition) is 2. The van der Waals surface area contributed by atoms with Gasteiger partial charge in [0.2, 0.25) is 5.91 Å². The van der Waals surface area contributed by atoms with Gasteiger partial charge in [-0.3, -0.25) is 4.79 Å². The van der Waals surface area contributed by atoms with E-state index in [4.69, 9.17) is 4.74 Å². The Morgan fingerprint density at radius 3 is 2.22 bits per heavy atom. The summed E-state index contributed by atoms with van der Waals surface area (Å²) in [6.45, 7) is 6.82. The van der Waals surface area contributed by atoms with E-state index in [0.29, 0.717) is 30.8 Å². The zero-order valence-corrected chi connectivity index (χ0v) is 16.3. The van der Waals surface area contributed by atoms with E-state index in [1.54, 1.807) is 31.2 Å². The van der Waals surface area contributed by atoms with Gasteiger partial charge in [0.05, 0.1) is 17.9 Å². The minimum Gasteiger partial charge on any atom is -0.462 e. The number of ether oxygens (including phenoxy) is 1. The Morgan fingerprint density at radius 1 is 0.926 bits per heavy atom. The molecule has 0 unspecified atom stereocenters. The lowest BCUT2D eigenvalue weighted by atomic mass is 10.0. The van der Waals surface area contributed by atoms with E-state index in [2.05, 4.69) is 42.7 Å². The van der Waals surface area contributed by atoms with E-state index < -0.39 is 5.97 Å². The number of para-hydroxylation sites is 2. The number of amides is 1.